The number of guanidine groups is 4. The van der Waals surface area contributed by atoms with Gasteiger partial charge in [0.25, 0.3) is 0 Å². The smallest absolute Gasteiger partial charge is 0.202 e. The molecule has 2 aliphatic heterocycles. The van der Waals surface area contributed by atoms with Crippen molar-refractivity contribution in [2.75, 3.05) is 40.9 Å². The fourth-order valence-corrected chi connectivity index (χ4v) is 5.58. The molecule has 2 aliphatic rings. The van der Waals surface area contributed by atoms with E-state index in [2.05, 4.69) is 95.5 Å². The van der Waals surface area contributed by atoms with E-state index in [4.69, 9.17) is 20.0 Å². The molecule has 10 nitrogen and oxygen atoms in total. The first kappa shape index (κ1) is 29.9. The molecule has 0 radical (unpaired) electrons. The molecule has 0 spiro atoms. The van der Waals surface area contributed by atoms with E-state index in [0.29, 0.717) is 6.67 Å². The van der Waals surface area contributed by atoms with Crippen LogP contribution < -0.4 is 16.0 Å². The van der Waals surface area contributed by atoms with Crippen LogP contribution in [0.15, 0.2) is 55.0 Å². The maximum absolute atomic E-state index is 5.04. The molecule has 4 heterocycles. The third kappa shape index (κ3) is 8.20. The lowest BCUT2D eigenvalue weighted by Gasteiger charge is -2.27. The predicted molar refractivity (Wildman–Crippen MR) is 171 cm³/mol. The molecular formula is C28H44N10S2. The van der Waals surface area contributed by atoms with E-state index in [0.717, 1.165) is 49.8 Å². The van der Waals surface area contributed by atoms with Gasteiger partial charge in [-0.25, -0.2) is 20.0 Å². The molecule has 4 unspecified atom stereocenters. The summed E-state index contributed by atoms with van der Waals surface area (Å²) in [6.07, 6.45) is 1.89. The van der Waals surface area contributed by atoms with Gasteiger partial charge >= 0.3 is 0 Å². The third-order valence-corrected chi connectivity index (χ3v) is 9.06. The van der Waals surface area contributed by atoms with Crippen LogP contribution >= 0.6 is 22.7 Å². The molecule has 0 aliphatic carbocycles. The van der Waals surface area contributed by atoms with E-state index in [-0.39, 0.29) is 24.2 Å². The van der Waals surface area contributed by atoms with Crippen LogP contribution in [0.5, 0.6) is 0 Å². The second-order valence-corrected chi connectivity index (χ2v) is 12.7. The number of hydrogen-bond donors (Lipinski definition) is 3. The molecule has 40 heavy (non-hydrogen) atoms. The summed E-state index contributed by atoms with van der Waals surface area (Å²) in [6, 6.07) is 8.92. The van der Waals surface area contributed by atoms with Crippen molar-refractivity contribution in [1.29, 1.82) is 0 Å². The highest BCUT2D eigenvalue weighted by molar-refractivity contribution is 7.10. The second kappa shape index (κ2) is 14.0. The maximum atomic E-state index is 5.04. The summed E-state index contributed by atoms with van der Waals surface area (Å²) in [5, 5.41) is 14.8. The second-order valence-electron chi connectivity index (χ2n) is 10.6. The van der Waals surface area contributed by atoms with E-state index >= 15 is 0 Å². The number of thiophene rings is 2. The Balaban J connectivity index is 1.53. The third-order valence-electron chi connectivity index (χ3n) is 7.18. The largest absolute Gasteiger partial charge is 0.351 e. The van der Waals surface area contributed by atoms with Gasteiger partial charge in [0, 0.05) is 50.0 Å². The maximum Gasteiger partial charge on any atom is 0.202 e. The van der Waals surface area contributed by atoms with Crippen LogP contribution in [0, 0.1) is 0 Å². The Morgan fingerprint density at radius 2 is 1.38 bits per heavy atom. The van der Waals surface area contributed by atoms with E-state index in [9.17, 15) is 0 Å². The lowest BCUT2D eigenvalue weighted by atomic mass is 10.2. The molecule has 4 rings (SSSR count). The van der Waals surface area contributed by atoms with E-state index < -0.39 is 0 Å². The topological polar surface area (TPSA) is 95.2 Å². The van der Waals surface area contributed by atoms with Gasteiger partial charge in [-0.2, -0.15) is 0 Å². The highest BCUT2D eigenvalue weighted by Gasteiger charge is 2.25. The van der Waals surface area contributed by atoms with Crippen molar-refractivity contribution >= 4 is 46.5 Å². The van der Waals surface area contributed by atoms with Gasteiger partial charge in [-0.05, 0) is 63.4 Å². The highest BCUT2D eigenvalue weighted by Crippen LogP contribution is 2.13. The molecule has 2 aromatic rings. The van der Waals surface area contributed by atoms with Crippen LogP contribution in [0.4, 0.5) is 0 Å². The minimum atomic E-state index is 0.0441. The first-order chi connectivity index (χ1) is 19.2. The average molecular weight is 585 g/mol. The summed E-state index contributed by atoms with van der Waals surface area (Å²) < 4.78 is 0. The number of likely N-dealkylation sites (N-methyl/N-ethyl adjacent to an activating group) is 1. The lowest BCUT2D eigenvalue weighted by molar-refractivity contribution is 0.420. The molecule has 0 fully saturated rings. The Kier molecular flexibility index (Phi) is 10.4. The van der Waals surface area contributed by atoms with E-state index in [1.807, 2.05) is 19.0 Å². The number of nitrogens with zero attached hydrogens (tertiary/aromatic N) is 7. The summed E-state index contributed by atoms with van der Waals surface area (Å²) in [5.41, 5.74) is 0. The zero-order chi connectivity index (χ0) is 28.6. The Hall–Kier alpha value is -3.12. The Labute approximate surface area is 247 Å². The Morgan fingerprint density at radius 1 is 0.775 bits per heavy atom. The van der Waals surface area contributed by atoms with Gasteiger partial charge in [-0.15, -0.1) is 22.7 Å². The Bertz CT molecular complexity index is 1190. The quantitative estimate of drug-likeness (QED) is 0.442. The van der Waals surface area contributed by atoms with Crippen LogP contribution in [0.1, 0.15) is 37.4 Å². The molecule has 0 aromatic carbocycles. The monoisotopic (exact) mass is 584 g/mol. The molecule has 3 N–H and O–H groups in total. The standard InChI is InChI=1S/C28H44N10S2/c1-19-20(2)32-27(37(7)14-12-23-10-8-16-39-23)34-25(30-19)29-18-38(15-13-24-11-9-17-40-24)28-33-22(4)21(3)31-26(35-28)36(5)6/h8-11,16-17,19-22H,12-15,18H2,1-7H3,(H,31,33,35)(H2,29,30,32,34). The molecule has 218 valence electrons. The highest BCUT2D eigenvalue weighted by atomic mass is 32.1. The van der Waals surface area contributed by atoms with Crippen molar-refractivity contribution in [3.63, 3.8) is 0 Å². The first-order valence-corrected chi connectivity index (χ1v) is 15.7. The zero-order valence-corrected chi connectivity index (χ0v) is 26.4. The van der Waals surface area contributed by atoms with Crippen LogP contribution in [0.25, 0.3) is 0 Å². The van der Waals surface area contributed by atoms with Crippen molar-refractivity contribution in [3.8, 4) is 0 Å². The van der Waals surface area contributed by atoms with Crippen LogP contribution in [-0.2, 0) is 12.8 Å². The number of hydrogen-bond acceptors (Lipinski definition) is 10. The summed E-state index contributed by atoms with van der Waals surface area (Å²) in [7, 11) is 6.09. The number of nitrogens with one attached hydrogen (secondary N) is 3. The molecule has 12 heteroatoms. The van der Waals surface area contributed by atoms with Gasteiger partial charge in [0.15, 0.2) is 5.96 Å². The predicted octanol–water partition coefficient (Wildman–Crippen LogP) is 3.12. The van der Waals surface area contributed by atoms with Gasteiger partial charge in [0.05, 0.1) is 18.1 Å². The summed E-state index contributed by atoms with van der Waals surface area (Å²) in [4.78, 5) is 29.0. The summed E-state index contributed by atoms with van der Waals surface area (Å²) in [6.45, 7) is 10.6. The van der Waals surface area contributed by atoms with Crippen LogP contribution in [0.2, 0.25) is 0 Å². The fraction of sp³-hybridized carbons (Fsp3) is 0.571. The minimum Gasteiger partial charge on any atom is -0.351 e. The number of aliphatic imine (C=N–C) groups is 4. The van der Waals surface area contributed by atoms with Crippen LogP contribution in [0.3, 0.4) is 0 Å². The van der Waals surface area contributed by atoms with Crippen molar-refractivity contribution in [3.05, 3.63) is 44.8 Å². The first-order valence-electron chi connectivity index (χ1n) is 14.0. The molecule has 0 saturated carbocycles. The Morgan fingerprint density at radius 3 is 1.98 bits per heavy atom. The van der Waals surface area contributed by atoms with Gasteiger partial charge in [-0.3, -0.25) is 10.6 Å². The van der Waals surface area contributed by atoms with Crippen molar-refractivity contribution < 1.29 is 0 Å². The normalized spacial score (nSPS) is 24.0. The molecule has 0 bridgehead atoms. The van der Waals surface area contributed by atoms with Crippen molar-refractivity contribution in [1.82, 2.24) is 30.7 Å². The lowest BCUT2D eigenvalue weighted by Crippen LogP contribution is -2.51. The molecule has 4 atom stereocenters. The SMILES string of the molecule is CC1N=C(N(C)C)NC(N(CCc2cccs2)CN=C2NC(N(C)CCc3cccs3)=NC(C)C(C)N2)=NC1C. The van der Waals surface area contributed by atoms with Gasteiger partial charge in [0.1, 0.15) is 6.67 Å². The summed E-state index contributed by atoms with van der Waals surface area (Å²) in [5.74, 6) is 3.15. The fourth-order valence-electron chi connectivity index (χ4n) is 4.19. The van der Waals surface area contributed by atoms with Crippen LogP contribution in [-0.4, -0.2) is 104 Å². The van der Waals surface area contributed by atoms with Crippen molar-refractivity contribution in [2.24, 2.45) is 20.0 Å². The van der Waals surface area contributed by atoms with Gasteiger partial charge < -0.3 is 20.0 Å². The zero-order valence-electron chi connectivity index (χ0n) is 24.8. The molecule has 0 amide bonds. The van der Waals surface area contributed by atoms with Gasteiger partial charge in [0.2, 0.25) is 17.9 Å². The van der Waals surface area contributed by atoms with Gasteiger partial charge in [-0.1, -0.05) is 12.1 Å². The van der Waals surface area contributed by atoms with Crippen molar-refractivity contribution in [2.45, 2.75) is 64.7 Å². The molecule has 0 saturated heterocycles. The molecular weight excluding hydrogens is 541 g/mol. The summed E-state index contributed by atoms with van der Waals surface area (Å²) >= 11 is 3.57. The average Bonchev–Trinajstić information content (AvgIpc) is 3.59. The van der Waals surface area contributed by atoms with E-state index in [1.165, 1.54) is 9.75 Å². The van der Waals surface area contributed by atoms with E-state index in [1.54, 1.807) is 22.7 Å². The number of rotatable bonds is 8. The molecule has 2 aromatic heterocycles. The minimum absolute atomic E-state index is 0.0441.